The Balaban J connectivity index is 1.48. The third-order valence-electron chi connectivity index (χ3n) is 4.13. The third kappa shape index (κ3) is 3.93. The third-order valence-corrected chi connectivity index (χ3v) is 4.13. The zero-order valence-corrected chi connectivity index (χ0v) is 14.7. The fraction of sp³-hybridized carbons (Fsp3) is 0.278. The van der Waals surface area contributed by atoms with Gasteiger partial charge in [-0.3, -0.25) is 9.78 Å². The van der Waals surface area contributed by atoms with E-state index in [1.54, 1.807) is 42.5 Å². The molecule has 1 atom stereocenters. The van der Waals surface area contributed by atoms with Crippen LogP contribution >= 0.6 is 0 Å². The molecule has 1 N–H and O–H groups in total. The van der Waals surface area contributed by atoms with Gasteiger partial charge in [-0.15, -0.1) is 0 Å². The second kappa shape index (κ2) is 7.50. The summed E-state index contributed by atoms with van der Waals surface area (Å²) in [5, 5.41) is 7.03. The van der Waals surface area contributed by atoms with Gasteiger partial charge in [0, 0.05) is 37.1 Å². The highest BCUT2D eigenvalue weighted by Gasteiger charge is 2.29. The highest BCUT2D eigenvalue weighted by Crippen LogP contribution is 2.22. The van der Waals surface area contributed by atoms with Gasteiger partial charge in [-0.1, -0.05) is 11.2 Å². The molecule has 3 heterocycles. The SMILES string of the molecule is Cc1nc([C@H]2CN(C(=O)c3cccc(Nc4cnccn4)c3)CCO2)no1. The Morgan fingerprint density at radius 2 is 2.26 bits per heavy atom. The number of anilines is 2. The van der Waals surface area contributed by atoms with Crippen molar-refractivity contribution in [2.75, 3.05) is 25.0 Å². The second-order valence-corrected chi connectivity index (χ2v) is 6.08. The summed E-state index contributed by atoms with van der Waals surface area (Å²) >= 11 is 0. The Hall–Kier alpha value is -3.33. The monoisotopic (exact) mass is 366 g/mol. The summed E-state index contributed by atoms with van der Waals surface area (Å²) in [7, 11) is 0. The molecule has 1 saturated heterocycles. The summed E-state index contributed by atoms with van der Waals surface area (Å²) < 4.78 is 10.7. The van der Waals surface area contributed by atoms with Crippen LogP contribution in [0.1, 0.15) is 28.2 Å². The molecule has 0 spiro atoms. The van der Waals surface area contributed by atoms with Crippen molar-refractivity contribution in [3.8, 4) is 0 Å². The van der Waals surface area contributed by atoms with E-state index in [9.17, 15) is 4.79 Å². The Morgan fingerprint density at radius 3 is 3.04 bits per heavy atom. The number of amides is 1. The van der Waals surface area contributed by atoms with E-state index >= 15 is 0 Å². The summed E-state index contributed by atoms with van der Waals surface area (Å²) in [4.78, 5) is 27.1. The van der Waals surface area contributed by atoms with Gasteiger partial charge in [0.2, 0.25) is 11.7 Å². The van der Waals surface area contributed by atoms with Crippen molar-refractivity contribution in [2.45, 2.75) is 13.0 Å². The minimum absolute atomic E-state index is 0.0775. The average molecular weight is 366 g/mol. The van der Waals surface area contributed by atoms with Crippen molar-refractivity contribution in [1.29, 1.82) is 0 Å². The molecule has 3 aromatic rings. The van der Waals surface area contributed by atoms with E-state index in [-0.39, 0.29) is 12.0 Å². The zero-order chi connectivity index (χ0) is 18.6. The Bertz CT molecular complexity index is 930. The van der Waals surface area contributed by atoms with E-state index in [2.05, 4.69) is 25.4 Å². The number of carbonyl (C=O) groups is 1. The van der Waals surface area contributed by atoms with E-state index in [4.69, 9.17) is 9.26 Å². The number of benzene rings is 1. The highest BCUT2D eigenvalue weighted by atomic mass is 16.5. The molecule has 1 amide bonds. The summed E-state index contributed by atoms with van der Waals surface area (Å²) in [6.07, 6.45) is 4.44. The second-order valence-electron chi connectivity index (χ2n) is 6.08. The number of aromatic nitrogens is 4. The van der Waals surface area contributed by atoms with Crippen LogP contribution in [0.4, 0.5) is 11.5 Å². The summed E-state index contributed by atoms with van der Waals surface area (Å²) in [6.45, 7) is 3.02. The lowest BCUT2D eigenvalue weighted by Gasteiger charge is -2.31. The number of hydrogen-bond acceptors (Lipinski definition) is 8. The maximum Gasteiger partial charge on any atom is 0.254 e. The molecule has 1 aliphatic heterocycles. The van der Waals surface area contributed by atoms with Crippen LogP contribution < -0.4 is 5.32 Å². The topological polar surface area (TPSA) is 106 Å². The number of morpholine rings is 1. The molecule has 4 rings (SSSR count). The standard InChI is InChI=1S/C18H18N6O3/c1-12-21-17(23-27-12)15-11-24(7-8-26-15)18(25)13-3-2-4-14(9-13)22-16-10-19-5-6-20-16/h2-6,9-10,15H,7-8,11H2,1H3,(H,20,22)/t15-/m1/s1. The lowest BCUT2D eigenvalue weighted by Crippen LogP contribution is -2.42. The van der Waals surface area contributed by atoms with Gasteiger partial charge in [0.05, 0.1) is 19.3 Å². The molecule has 1 aliphatic rings. The lowest BCUT2D eigenvalue weighted by atomic mass is 10.1. The van der Waals surface area contributed by atoms with Gasteiger partial charge in [-0.05, 0) is 18.2 Å². The van der Waals surface area contributed by atoms with Crippen LogP contribution in [0.3, 0.4) is 0 Å². The highest BCUT2D eigenvalue weighted by molar-refractivity contribution is 5.95. The van der Waals surface area contributed by atoms with Crippen molar-refractivity contribution in [1.82, 2.24) is 25.0 Å². The van der Waals surface area contributed by atoms with E-state index < -0.39 is 0 Å². The van der Waals surface area contributed by atoms with Crippen LogP contribution in [-0.4, -0.2) is 50.6 Å². The predicted molar refractivity (Wildman–Crippen MR) is 95.4 cm³/mol. The summed E-state index contributed by atoms with van der Waals surface area (Å²) in [5.74, 6) is 1.47. The quantitative estimate of drug-likeness (QED) is 0.748. The van der Waals surface area contributed by atoms with Gasteiger partial charge in [0.1, 0.15) is 11.9 Å². The first kappa shape index (κ1) is 17.1. The first-order valence-corrected chi connectivity index (χ1v) is 8.53. The Morgan fingerprint density at radius 1 is 1.33 bits per heavy atom. The number of aryl methyl sites for hydroxylation is 1. The predicted octanol–water partition coefficient (Wildman–Crippen LogP) is 2.13. The molecule has 0 unspecified atom stereocenters. The van der Waals surface area contributed by atoms with Crippen LogP contribution in [0.25, 0.3) is 0 Å². The minimum atomic E-state index is -0.388. The first-order valence-electron chi connectivity index (χ1n) is 8.53. The Kier molecular flexibility index (Phi) is 4.75. The van der Waals surface area contributed by atoms with Gasteiger partial charge in [-0.2, -0.15) is 4.98 Å². The maximum absolute atomic E-state index is 12.9. The van der Waals surface area contributed by atoms with Crippen LogP contribution in [0.5, 0.6) is 0 Å². The molecule has 1 aromatic carbocycles. The van der Waals surface area contributed by atoms with Crippen molar-refractivity contribution < 1.29 is 14.1 Å². The number of nitrogens with one attached hydrogen (secondary N) is 1. The number of carbonyl (C=O) groups excluding carboxylic acids is 1. The van der Waals surface area contributed by atoms with Gasteiger partial charge in [0.25, 0.3) is 5.91 Å². The van der Waals surface area contributed by atoms with Crippen LogP contribution in [0, 0.1) is 6.92 Å². The van der Waals surface area contributed by atoms with E-state index in [0.29, 0.717) is 42.8 Å². The zero-order valence-electron chi connectivity index (χ0n) is 14.7. The minimum Gasteiger partial charge on any atom is -0.366 e. The largest absolute Gasteiger partial charge is 0.366 e. The normalized spacial score (nSPS) is 16.9. The fourth-order valence-corrected chi connectivity index (χ4v) is 2.86. The van der Waals surface area contributed by atoms with Gasteiger partial charge < -0.3 is 19.5 Å². The number of hydrogen-bond donors (Lipinski definition) is 1. The number of rotatable bonds is 4. The molecule has 138 valence electrons. The molecular weight excluding hydrogens is 348 g/mol. The molecule has 0 bridgehead atoms. The average Bonchev–Trinajstić information content (AvgIpc) is 3.15. The maximum atomic E-state index is 12.9. The van der Waals surface area contributed by atoms with Crippen molar-refractivity contribution in [2.24, 2.45) is 0 Å². The van der Waals surface area contributed by atoms with Crippen molar-refractivity contribution in [3.63, 3.8) is 0 Å². The van der Waals surface area contributed by atoms with Gasteiger partial charge in [-0.25, -0.2) is 4.98 Å². The summed E-state index contributed by atoms with van der Waals surface area (Å²) in [5.41, 5.74) is 1.34. The molecular formula is C18H18N6O3. The molecule has 2 aromatic heterocycles. The summed E-state index contributed by atoms with van der Waals surface area (Å²) in [6, 6.07) is 7.27. The lowest BCUT2D eigenvalue weighted by molar-refractivity contribution is -0.0276. The van der Waals surface area contributed by atoms with Crippen molar-refractivity contribution >= 4 is 17.4 Å². The Labute approximate surface area is 155 Å². The molecule has 27 heavy (non-hydrogen) atoms. The first-order chi connectivity index (χ1) is 13.2. The molecule has 0 aliphatic carbocycles. The molecule has 9 heteroatoms. The molecule has 9 nitrogen and oxygen atoms in total. The van der Waals surface area contributed by atoms with E-state index in [1.165, 1.54) is 0 Å². The molecule has 0 saturated carbocycles. The number of nitrogens with zero attached hydrogens (tertiary/aromatic N) is 5. The van der Waals surface area contributed by atoms with Crippen LogP contribution in [-0.2, 0) is 4.74 Å². The van der Waals surface area contributed by atoms with Crippen molar-refractivity contribution in [3.05, 3.63) is 60.1 Å². The van der Waals surface area contributed by atoms with Gasteiger partial charge >= 0.3 is 0 Å². The molecule has 1 fully saturated rings. The van der Waals surface area contributed by atoms with Crippen LogP contribution in [0.2, 0.25) is 0 Å². The molecule has 0 radical (unpaired) electrons. The van der Waals surface area contributed by atoms with E-state index in [1.807, 2.05) is 12.1 Å². The van der Waals surface area contributed by atoms with Gasteiger partial charge in [0.15, 0.2) is 0 Å². The number of ether oxygens (including phenoxy) is 1. The van der Waals surface area contributed by atoms with Crippen LogP contribution in [0.15, 0.2) is 47.4 Å². The fourth-order valence-electron chi connectivity index (χ4n) is 2.86. The van der Waals surface area contributed by atoms with E-state index in [0.717, 1.165) is 5.69 Å². The smallest absolute Gasteiger partial charge is 0.254 e.